The summed E-state index contributed by atoms with van der Waals surface area (Å²) in [5.74, 6) is 0.944. The van der Waals surface area contributed by atoms with E-state index < -0.39 is 10.0 Å². The van der Waals surface area contributed by atoms with Crippen molar-refractivity contribution in [2.24, 2.45) is 0 Å². The summed E-state index contributed by atoms with van der Waals surface area (Å²) in [7, 11) is -3.48. The zero-order valence-electron chi connectivity index (χ0n) is 18.7. The number of likely N-dealkylation sites (tertiary alicyclic amines) is 1. The third-order valence-electron chi connectivity index (χ3n) is 6.19. The van der Waals surface area contributed by atoms with Crippen LogP contribution >= 0.6 is 0 Å². The molecule has 0 atom stereocenters. The molecule has 2 fully saturated rings. The largest absolute Gasteiger partial charge is 0.473 e. The van der Waals surface area contributed by atoms with Crippen LogP contribution in [-0.2, 0) is 10.0 Å². The quantitative estimate of drug-likeness (QED) is 0.529. The lowest BCUT2D eigenvalue weighted by Gasteiger charge is -2.32. The van der Waals surface area contributed by atoms with Gasteiger partial charge in [0.05, 0.1) is 4.90 Å². The molecule has 0 spiro atoms. The molecule has 1 amide bonds. The first kappa shape index (κ1) is 22.5. The Morgan fingerprint density at radius 3 is 2.29 bits per heavy atom. The molecule has 0 saturated carbocycles. The summed E-state index contributed by atoms with van der Waals surface area (Å²) in [6.45, 7) is 2.21. The summed E-state index contributed by atoms with van der Waals surface area (Å²) < 4.78 is 34.4. The lowest BCUT2D eigenvalue weighted by atomic mass is 10.1. The monoisotopic (exact) mass is 482 g/mol. The topological polar surface area (TPSA) is 111 Å². The van der Waals surface area contributed by atoms with Gasteiger partial charge in [-0.2, -0.15) is 9.40 Å². The number of carbonyl (C=O) groups is 1. The summed E-state index contributed by atoms with van der Waals surface area (Å²) in [5, 5.41) is 12.4. The zero-order chi connectivity index (χ0) is 23.5. The fraction of sp³-hybridized carbons (Fsp3) is 0.391. The molecule has 178 valence electrons. The van der Waals surface area contributed by atoms with Gasteiger partial charge in [-0.25, -0.2) is 13.1 Å². The average molecular weight is 483 g/mol. The minimum absolute atomic E-state index is 0.0538. The zero-order valence-corrected chi connectivity index (χ0v) is 19.5. The van der Waals surface area contributed by atoms with E-state index in [1.165, 1.54) is 16.4 Å². The Balaban J connectivity index is 1.15. The number of nitrogens with zero attached hydrogens (tertiary/aromatic N) is 6. The SMILES string of the molecule is O=C(c1ccc(S(=O)(=O)N2CCCC2)cc1)N1CCC(Oc2ccc(-n3cccn3)nn2)CC1. The molecule has 4 heterocycles. The second-order valence-corrected chi connectivity index (χ2v) is 10.4. The minimum atomic E-state index is -3.48. The van der Waals surface area contributed by atoms with E-state index in [1.54, 1.807) is 46.2 Å². The molecule has 2 aliphatic heterocycles. The van der Waals surface area contributed by atoms with E-state index in [9.17, 15) is 13.2 Å². The van der Waals surface area contributed by atoms with E-state index in [1.807, 2.05) is 6.07 Å². The number of sulfonamides is 1. The summed E-state index contributed by atoms with van der Waals surface area (Å²) in [6, 6.07) is 11.6. The second-order valence-electron chi connectivity index (χ2n) is 8.43. The van der Waals surface area contributed by atoms with Crippen LogP contribution in [0.2, 0.25) is 0 Å². The summed E-state index contributed by atoms with van der Waals surface area (Å²) in [5.41, 5.74) is 0.486. The Bertz CT molecular complexity index is 1220. The van der Waals surface area contributed by atoms with Crippen LogP contribution in [0.15, 0.2) is 59.8 Å². The van der Waals surface area contributed by atoms with Crippen molar-refractivity contribution in [3.8, 4) is 11.7 Å². The summed E-state index contributed by atoms with van der Waals surface area (Å²) >= 11 is 0. The first-order chi connectivity index (χ1) is 16.5. The molecule has 1 aromatic carbocycles. The van der Waals surface area contributed by atoms with E-state index >= 15 is 0 Å². The Kier molecular flexibility index (Phi) is 6.29. The first-order valence-corrected chi connectivity index (χ1v) is 12.8. The van der Waals surface area contributed by atoms with Gasteiger partial charge in [-0.3, -0.25) is 4.79 Å². The van der Waals surface area contributed by atoms with Crippen LogP contribution in [0.3, 0.4) is 0 Å². The van der Waals surface area contributed by atoms with Crippen molar-refractivity contribution in [2.75, 3.05) is 26.2 Å². The van der Waals surface area contributed by atoms with Gasteiger partial charge in [0.1, 0.15) is 6.10 Å². The number of hydrogen-bond donors (Lipinski definition) is 0. The molecule has 0 aliphatic carbocycles. The second kappa shape index (κ2) is 9.51. The molecule has 0 N–H and O–H groups in total. The Hall–Kier alpha value is -3.31. The molecule has 0 radical (unpaired) electrons. The Morgan fingerprint density at radius 1 is 0.941 bits per heavy atom. The smallest absolute Gasteiger partial charge is 0.253 e. The van der Waals surface area contributed by atoms with Crippen LogP contribution in [0, 0.1) is 0 Å². The Morgan fingerprint density at radius 2 is 1.68 bits per heavy atom. The van der Waals surface area contributed by atoms with Crippen molar-refractivity contribution >= 4 is 15.9 Å². The van der Waals surface area contributed by atoms with Gasteiger partial charge < -0.3 is 9.64 Å². The van der Waals surface area contributed by atoms with E-state index in [0.29, 0.717) is 56.3 Å². The van der Waals surface area contributed by atoms with Crippen molar-refractivity contribution in [2.45, 2.75) is 36.7 Å². The summed E-state index contributed by atoms with van der Waals surface area (Å²) in [4.78, 5) is 14.9. The van der Waals surface area contributed by atoms with Gasteiger partial charge in [0.25, 0.3) is 5.91 Å². The van der Waals surface area contributed by atoms with Gasteiger partial charge in [0.15, 0.2) is 5.82 Å². The molecule has 3 aromatic rings. The van der Waals surface area contributed by atoms with Crippen LogP contribution in [-0.4, -0.2) is 75.8 Å². The third kappa shape index (κ3) is 4.66. The highest BCUT2D eigenvalue weighted by Gasteiger charge is 2.28. The number of amides is 1. The van der Waals surface area contributed by atoms with E-state index in [0.717, 1.165) is 12.8 Å². The maximum absolute atomic E-state index is 12.9. The van der Waals surface area contributed by atoms with Crippen molar-refractivity contribution < 1.29 is 17.9 Å². The normalized spacial score (nSPS) is 17.7. The highest BCUT2D eigenvalue weighted by molar-refractivity contribution is 7.89. The molecule has 5 rings (SSSR count). The number of ether oxygens (including phenoxy) is 1. The minimum Gasteiger partial charge on any atom is -0.473 e. The lowest BCUT2D eigenvalue weighted by molar-refractivity contribution is 0.0586. The maximum atomic E-state index is 12.9. The average Bonchev–Trinajstić information content (AvgIpc) is 3.60. The molecule has 2 aromatic heterocycles. The van der Waals surface area contributed by atoms with Crippen LogP contribution in [0.25, 0.3) is 5.82 Å². The van der Waals surface area contributed by atoms with Gasteiger partial charge in [-0.05, 0) is 49.2 Å². The molecular weight excluding hydrogens is 456 g/mol. The fourth-order valence-corrected chi connectivity index (χ4v) is 5.80. The highest BCUT2D eigenvalue weighted by Crippen LogP contribution is 2.23. The van der Waals surface area contributed by atoms with Crippen LogP contribution in [0.5, 0.6) is 5.88 Å². The molecule has 0 bridgehead atoms. The van der Waals surface area contributed by atoms with Gasteiger partial charge in [0, 0.05) is 63.0 Å². The molecule has 34 heavy (non-hydrogen) atoms. The van der Waals surface area contributed by atoms with Crippen molar-refractivity contribution in [3.63, 3.8) is 0 Å². The van der Waals surface area contributed by atoms with Crippen LogP contribution in [0.4, 0.5) is 0 Å². The molecule has 0 unspecified atom stereocenters. The standard InChI is InChI=1S/C23H26N6O4S/c30-23(18-4-6-20(7-5-18)34(31,32)28-13-1-2-14-28)27-16-10-19(11-17-27)33-22-9-8-21(25-26-22)29-15-3-12-24-29/h3-9,12,15,19H,1-2,10-11,13-14,16-17H2. The van der Waals surface area contributed by atoms with Gasteiger partial charge in [-0.1, -0.05) is 0 Å². The van der Waals surface area contributed by atoms with Gasteiger partial charge >= 0.3 is 0 Å². The van der Waals surface area contributed by atoms with Gasteiger partial charge in [0.2, 0.25) is 15.9 Å². The number of aromatic nitrogens is 4. The van der Waals surface area contributed by atoms with E-state index in [2.05, 4.69) is 15.3 Å². The molecule has 2 saturated heterocycles. The molecule has 2 aliphatic rings. The first-order valence-electron chi connectivity index (χ1n) is 11.4. The fourth-order valence-electron chi connectivity index (χ4n) is 4.28. The highest BCUT2D eigenvalue weighted by atomic mass is 32.2. The van der Waals surface area contributed by atoms with Crippen molar-refractivity contribution in [3.05, 3.63) is 60.4 Å². The van der Waals surface area contributed by atoms with E-state index in [4.69, 9.17) is 4.74 Å². The van der Waals surface area contributed by atoms with Crippen LogP contribution in [0.1, 0.15) is 36.0 Å². The molecular formula is C23H26N6O4S. The number of benzene rings is 1. The Labute approximate surface area is 198 Å². The number of hydrogen-bond acceptors (Lipinski definition) is 7. The number of carbonyl (C=O) groups excluding carboxylic acids is 1. The van der Waals surface area contributed by atoms with Gasteiger partial charge in [-0.15, -0.1) is 10.2 Å². The van der Waals surface area contributed by atoms with E-state index in [-0.39, 0.29) is 16.9 Å². The maximum Gasteiger partial charge on any atom is 0.253 e. The van der Waals surface area contributed by atoms with Crippen molar-refractivity contribution in [1.29, 1.82) is 0 Å². The predicted octanol–water partition coefficient (Wildman–Crippen LogP) is 2.13. The van der Waals surface area contributed by atoms with Crippen molar-refractivity contribution in [1.82, 2.24) is 29.2 Å². The molecule has 10 nitrogen and oxygen atoms in total. The third-order valence-corrected chi connectivity index (χ3v) is 8.10. The predicted molar refractivity (Wildman–Crippen MR) is 123 cm³/mol. The number of piperidine rings is 1. The molecule has 11 heteroatoms. The van der Waals surface area contributed by atoms with Crippen LogP contribution < -0.4 is 4.74 Å². The lowest BCUT2D eigenvalue weighted by Crippen LogP contribution is -2.41. The summed E-state index contributed by atoms with van der Waals surface area (Å²) in [6.07, 6.45) is 6.54. The number of rotatable bonds is 6.